The van der Waals surface area contributed by atoms with Gasteiger partial charge in [0.15, 0.2) is 0 Å². The number of fused-ring (bicyclic) bond motifs is 1. The molecule has 0 saturated heterocycles. The fourth-order valence-electron chi connectivity index (χ4n) is 3.75. The van der Waals surface area contributed by atoms with Gasteiger partial charge in [-0.2, -0.15) is 0 Å². The zero-order valence-electron chi connectivity index (χ0n) is 12.3. The Kier molecular flexibility index (Phi) is 4.37. The van der Waals surface area contributed by atoms with Gasteiger partial charge in [-0.15, -0.1) is 0 Å². The van der Waals surface area contributed by atoms with Crippen molar-refractivity contribution in [1.82, 2.24) is 5.32 Å². The molecular formula is C17H24BrNO. The van der Waals surface area contributed by atoms with E-state index in [4.69, 9.17) is 4.74 Å². The molecule has 1 aliphatic heterocycles. The molecule has 1 aliphatic carbocycles. The molecule has 1 aromatic carbocycles. The maximum Gasteiger partial charge on any atom is 0.125 e. The minimum Gasteiger partial charge on any atom is -0.487 e. The first-order valence-corrected chi connectivity index (χ1v) is 8.67. The highest BCUT2D eigenvalue weighted by Gasteiger charge is 2.40. The van der Waals surface area contributed by atoms with E-state index >= 15 is 0 Å². The van der Waals surface area contributed by atoms with E-state index in [0.717, 1.165) is 16.6 Å². The van der Waals surface area contributed by atoms with Crippen LogP contribution < -0.4 is 10.1 Å². The van der Waals surface area contributed by atoms with Crippen molar-refractivity contribution in [2.75, 3.05) is 7.05 Å². The van der Waals surface area contributed by atoms with E-state index in [2.05, 4.69) is 46.5 Å². The summed E-state index contributed by atoms with van der Waals surface area (Å²) < 4.78 is 7.66. The molecule has 1 spiro atoms. The van der Waals surface area contributed by atoms with Crippen LogP contribution in [0.1, 0.15) is 63.0 Å². The van der Waals surface area contributed by atoms with Crippen molar-refractivity contribution in [2.45, 2.75) is 63.0 Å². The highest BCUT2D eigenvalue weighted by molar-refractivity contribution is 9.10. The van der Waals surface area contributed by atoms with Gasteiger partial charge >= 0.3 is 0 Å². The third kappa shape index (κ3) is 2.89. The van der Waals surface area contributed by atoms with Crippen molar-refractivity contribution < 1.29 is 4.74 Å². The van der Waals surface area contributed by atoms with Crippen molar-refractivity contribution in [3.8, 4) is 5.75 Å². The molecule has 0 aromatic heterocycles. The van der Waals surface area contributed by atoms with Gasteiger partial charge in [-0.05, 0) is 50.9 Å². The average molecular weight is 338 g/mol. The molecule has 1 fully saturated rings. The number of rotatable bonds is 1. The maximum absolute atomic E-state index is 6.52. The zero-order chi connectivity index (χ0) is 14.0. The second kappa shape index (κ2) is 6.07. The lowest BCUT2D eigenvalue weighted by Gasteiger charge is -2.43. The van der Waals surface area contributed by atoms with E-state index in [1.165, 1.54) is 50.5 Å². The lowest BCUT2D eigenvalue weighted by Crippen LogP contribution is -2.44. The van der Waals surface area contributed by atoms with Crippen LogP contribution in [0.25, 0.3) is 0 Å². The van der Waals surface area contributed by atoms with Crippen LogP contribution in [0.5, 0.6) is 5.75 Å². The van der Waals surface area contributed by atoms with E-state index < -0.39 is 0 Å². The standard InChI is InChI=1S/C17H24BrNO/c1-19-15-12-17(9-5-3-2-4-6-10-17)20-16-8-7-13(18)11-14(15)16/h7-8,11,15,19H,2-6,9-10,12H2,1H3. The second-order valence-corrected chi connectivity index (χ2v) is 7.20. The van der Waals surface area contributed by atoms with Gasteiger partial charge < -0.3 is 10.1 Å². The number of hydrogen-bond acceptors (Lipinski definition) is 2. The Labute approximate surface area is 130 Å². The molecule has 1 unspecified atom stereocenters. The predicted octanol–water partition coefficient (Wildman–Crippen LogP) is 4.98. The first-order chi connectivity index (χ1) is 9.72. The normalized spacial score (nSPS) is 25.4. The van der Waals surface area contributed by atoms with Gasteiger partial charge in [0.05, 0.1) is 0 Å². The second-order valence-electron chi connectivity index (χ2n) is 6.28. The number of hydrogen-bond donors (Lipinski definition) is 1. The molecule has 0 amide bonds. The highest BCUT2D eigenvalue weighted by atomic mass is 79.9. The quantitative estimate of drug-likeness (QED) is 0.780. The van der Waals surface area contributed by atoms with Crippen LogP contribution in [0.4, 0.5) is 0 Å². The first-order valence-electron chi connectivity index (χ1n) is 7.88. The topological polar surface area (TPSA) is 21.3 Å². The van der Waals surface area contributed by atoms with Gasteiger partial charge in [-0.3, -0.25) is 0 Å². The first kappa shape index (κ1) is 14.4. The Morgan fingerprint density at radius 2 is 1.85 bits per heavy atom. The molecule has 1 aromatic rings. The van der Waals surface area contributed by atoms with E-state index in [0.29, 0.717) is 6.04 Å². The smallest absolute Gasteiger partial charge is 0.125 e. The Hall–Kier alpha value is -0.540. The molecular weight excluding hydrogens is 314 g/mol. The van der Waals surface area contributed by atoms with Gasteiger partial charge in [0, 0.05) is 22.5 Å². The summed E-state index contributed by atoms with van der Waals surface area (Å²) in [5.41, 5.74) is 1.36. The molecule has 2 nitrogen and oxygen atoms in total. The molecule has 1 saturated carbocycles. The molecule has 20 heavy (non-hydrogen) atoms. The van der Waals surface area contributed by atoms with Crippen LogP contribution in [0.2, 0.25) is 0 Å². The highest BCUT2D eigenvalue weighted by Crippen LogP contribution is 2.45. The van der Waals surface area contributed by atoms with Crippen molar-refractivity contribution in [1.29, 1.82) is 0 Å². The molecule has 0 bridgehead atoms. The molecule has 2 aliphatic rings. The van der Waals surface area contributed by atoms with Gasteiger partial charge in [0.1, 0.15) is 11.4 Å². The average Bonchev–Trinajstić information content (AvgIpc) is 2.43. The molecule has 3 heteroatoms. The number of halogens is 1. The van der Waals surface area contributed by atoms with Crippen LogP contribution in [0.15, 0.2) is 22.7 Å². The fourth-order valence-corrected chi connectivity index (χ4v) is 4.13. The van der Waals surface area contributed by atoms with E-state index in [1.807, 2.05) is 0 Å². The van der Waals surface area contributed by atoms with Gasteiger partial charge in [-0.1, -0.05) is 35.2 Å². The summed E-state index contributed by atoms with van der Waals surface area (Å²) in [7, 11) is 2.07. The third-order valence-corrected chi connectivity index (χ3v) is 5.36. The van der Waals surface area contributed by atoms with Crippen molar-refractivity contribution in [2.24, 2.45) is 0 Å². The minimum atomic E-state index is 0.0644. The van der Waals surface area contributed by atoms with Crippen LogP contribution in [0.3, 0.4) is 0 Å². The Balaban J connectivity index is 1.90. The summed E-state index contributed by atoms with van der Waals surface area (Å²) in [6.45, 7) is 0. The summed E-state index contributed by atoms with van der Waals surface area (Å²) >= 11 is 3.57. The van der Waals surface area contributed by atoms with Crippen LogP contribution in [-0.4, -0.2) is 12.6 Å². The van der Waals surface area contributed by atoms with E-state index in [-0.39, 0.29) is 5.60 Å². The number of nitrogens with one attached hydrogen (secondary N) is 1. The van der Waals surface area contributed by atoms with E-state index in [9.17, 15) is 0 Å². The molecule has 1 heterocycles. The van der Waals surface area contributed by atoms with Gasteiger partial charge in [-0.25, -0.2) is 0 Å². The summed E-state index contributed by atoms with van der Waals surface area (Å²) in [5.74, 6) is 1.08. The summed E-state index contributed by atoms with van der Waals surface area (Å²) in [6, 6.07) is 6.83. The maximum atomic E-state index is 6.52. The number of ether oxygens (including phenoxy) is 1. The van der Waals surface area contributed by atoms with Crippen molar-refractivity contribution in [3.63, 3.8) is 0 Å². The lowest BCUT2D eigenvalue weighted by atomic mass is 9.79. The fraction of sp³-hybridized carbons (Fsp3) is 0.647. The van der Waals surface area contributed by atoms with Crippen LogP contribution in [0, 0.1) is 0 Å². The third-order valence-electron chi connectivity index (χ3n) is 4.86. The van der Waals surface area contributed by atoms with Crippen LogP contribution >= 0.6 is 15.9 Å². The Morgan fingerprint density at radius 1 is 1.15 bits per heavy atom. The molecule has 0 radical (unpaired) electrons. The molecule has 110 valence electrons. The SMILES string of the molecule is CNC1CC2(CCCCCCC2)Oc2ccc(Br)cc21. The molecule has 1 N–H and O–H groups in total. The lowest BCUT2D eigenvalue weighted by molar-refractivity contribution is 0.00735. The van der Waals surface area contributed by atoms with E-state index in [1.54, 1.807) is 0 Å². The summed E-state index contributed by atoms with van der Waals surface area (Å²) in [4.78, 5) is 0. The minimum absolute atomic E-state index is 0.0644. The molecule has 3 rings (SSSR count). The van der Waals surface area contributed by atoms with Gasteiger partial charge in [0.2, 0.25) is 0 Å². The van der Waals surface area contributed by atoms with Crippen molar-refractivity contribution in [3.05, 3.63) is 28.2 Å². The van der Waals surface area contributed by atoms with Crippen LogP contribution in [-0.2, 0) is 0 Å². The summed E-state index contributed by atoms with van der Waals surface area (Å²) in [5, 5.41) is 3.49. The zero-order valence-corrected chi connectivity index (χ0v) is 13.8. The largest absolute Gasteiger partial charge is 0.487 e. The predicted molar refractivity (Wildman–Crippen MR) is 86.2 cm³/mol. The van der Waals surface area contributed by atoms with Gasteiger partial charge in [0.25, 0.3) is 0 Å². The Bertz CT molecular complexity index is 466. The Morgan fingerprint density at radius 3 is 2.55 bits per heavy atom. The molecule has 1 atom stereocenters. The monoisotopic (exact) mass is 337 g/mol. The van der Waals surface area contributed by atoms with Crippen molar-refractivity contribution >= 4 is 15.9 Å². The summed E-state index contributed by atoms with van der Waals surface area (Å²) in [6.07, 6.45) is 10.3. The number of benzene rings is 1.